The summed E-state index contributed by atoms with van der Waals surface area (Å²) in [5, 5.41) is 11.0. The van der Waals surface area contributed by atoms with Crippen LogP contribution in [0.3, 0.4) is 0 Å². The van der Waals surface area contributed by atoms with E-state index in [9.17, 15) is 24.5 Å². The number of amides is 1. The number of rotatable bonds is 6. The maximum absolute atomic E-state index is 12.3. The van der Waals surface area contributed by atoms with E-state index in [4.69, 9.17) is 9.47 Å². The van der Waals surface area contributed by atoms with Crippen LogP contribution in [0.15, 0.2) is 36.4 Å². The third kappa shape index (κ3) is 4.40. The monoisotopic (exact) mass is 398 g/mol. The molecule has 1 aliphatic heterocycles. The molecule has 1 aliphatic rings. The molecule has 0 N–H and O–H groups in total. The summed E-state index contributed by atoms with van der Waals surface area (Å²) in [5.41, 5.74) is 1.99. The number of hydrogen-bond acceptors (Lipinski definition) is 7. The summed E-state index contributed by atoms with van der Waals surface area (Å²) in [6.45, 7) is 2.37. The van der Waals surface area contributed by atoms with Gasteiger partial charge in [-0.3, -0.25) is 29.4 Å². The summed E-state index contributed by atoms with van der Waals surface area (Å²) in [7, 11) is 0. The Labute approximate surface area is 166 Å². The quantitative estimate of drug-likeness (QED) is 0.317. The Morgan fingerprint density at radius 1 is 1.21 bits per heavy atom. The average Bonchev–Trinajstić information content (AvgIpc) is 2.69. The van der Waals surface area contributed by atoms with Crippen LogP contribution in [0.2, 0.25) is 0 Å². The van der Waals surface area contributed by atoms with Gasteiger partial charge in [0, 0.05) is 17.7 Å². The van der Waals surface area contributed by atoms with Gasteiger partial charge in [-0.2, -0.15) is 0 Å². The zero-order valence-electron chi connectivity index (χ0n) is 15.8. The van der Waals surface area contributed by atoms with Gasteiger partial charge in [0.15, 0.2) is 13.2 Å². The van der Waals surface area contributed by atoms with Crippen molar-refractivity contribution in [1.82, 2.24) is 0 Å². The molecule has 1 heterocycles. The predicted molar refractivity (Wildman–Crippen MR) is 102 cm³/mol. The van der Waals surface area contributed by atoms with E-state index in [-0.39, 0.29) is 29.5 Å². The number of ether oxygens (including phenoxy) is 2. The molecule has 0 radical (unpaired) electrons. The number of benzene rings is 2. The molecule has 0 spiro atoms. The van der Waals surface area contributed by atoms with Crippen molar-refractivity contribution in [2.24, 2.45) is 0 Å². The van der Waals surface area contributed by atoms with Crippen LogP contribution in [0.25, 0.3) is 0 Å². The molecule has 0 aliphatic carbocycles. The highest BCUT2D eigenvalue weighted by Crippen LogP contribution is 2.35. The number of nitrogens with zero attached hydrogens (tertiary/aromatic N) is 2. The van der Waals surface area contributed by atoms with E-state index in [0.29, 0.717) is 5.56 Å². The molecule has 0 aromatic heterocycles. The van der Waals surface area contributed by atoms with Crippen molar-refractivity contribution < 1.29 is 28.8 Å². The highest BCUT2D eigenvalue weighted by atomic mass is 16.6. The second-order valence-corrected chi connectivity index (χ2v) is 6.58. The number of fused-ring (bicyclic) bond motifs is 1. The largest absolute Gasteiger partial charge is 0.482 e. The van der Waals surface area contributed by atoms with E-state index in [0.717, 1.165) is 22.1 Å². The van der Waals surface area contributed by atoms with Crippen LogP contribution in [0, 0.1) is 24.0 Å². The van der Waals surface area contributed by atoms with E-state index in [2.05, 4.69) is 0 Å². The Bertz CT molecular complexity index is 1020. The van der Waals surface area contributed by atoms with Gasteiger partial charge in [0.05, 0.1) is 10.6 Å². The highest BCUT2D eigenvalue weighted by Gasteiger charge is 2.30. The Hall–Kier alpha value is -3.75. The minimum Gasteiger partial charge on any atom is -0.482 e. The second-order valence-electron chi connectivity index (χ2n) is 6.58. The van der Waals surface area contributed by atoms with Crippen molar-refractivity contribution in [3.8, 4) is 5.75 Å². The fourth-order valence-corrected chi connectivity index (χ4v) is 2.91. The molecule has 0 saturated heterocycles. The van der Waals surface area contributed by atoms with Crippen LogP contribution in [0.1, 0.15) is 21.5 Å². The molecule has 150 valence electrons. The summed E-state index contributed by atoms with van der Waals surface area (Å²) in [6.07, 6.45) is 0. The number of ketones is 1. The summed E-state index contributed by atoms with van der Waals surface area (Å²) < 4.78 is 10.3. The fourth-order valence-electron chi connectivity index (χ4n) is 2.91. The van der Waals surface area contributed by atoms with Gasteiger partial charge in [-0.1, -0.05) is 17.7 Å². The number of anilines is 1. The molecule has 2 aromatic rings. The van der Waals surface area contributed by atoms with Gasteiger partial charge < -0.3 is 9.47 Å². The van der Waals surface area contributed by atoms with Gasteiger partial charge in [0.2, 0.25) is 5.78 Å². The number of hydrogen-bond donors (Lipinski definition) is 0. The Balaban J connectivity index is 1.70. The molecule has 1 amide bonds. The lowest BCUT2D eigenvalue weighted by molar-refractivity contribution is -0.384. The van der Waals surface area contributed by atoms with Crippen molar-refractivity contribution in [2.75, 3.05) is 24.7 Å². The Kier molecular flexibility index (Phi) is 5.58. The zero-order valence-corrected chi connectivity index (χ0v) is 15.8. The van der Waals surface area contributed by atoms with E-state index in [1.54, 1.807) is 19.1 Å². The van der Waals surface area contributed by atoms with Gasteiger partial charge in [0.1, 0.15) is 12.3 Å². The number of non-ortho nitro benzene ring substituents is 1. The standard InChI is InChI=1S/C20H18N2O7/c1-12-3-4-13(2)15(7-12)17(23)10-29-20(25)9-21-16-8-14(22(26)27)5-6-18(16)28-11-19(21)24/h3-8H,9-11H2,1-2H3. The smallest absolute Gasteiger partial charge is 0.326 e. The average molecular weight is 398 g/mol. The Morgan fingerprint density at radius 3 is 2.69 bits per heavy atom. The lowest BCUT2D eigenvalue weighted by Gasteiger charge is -2.28. The number of carbonyl (C=O) groups excluding carboxylic acids is 3. The SMILES string of the molecule is Cc1ccc(C)c(C(=O)COC(=O)CN2C(=O)COc3ccc([N+](=O)[O-])cc32)c1. The highest BCUT2D eigenvalue weighted by molar-refractivity contribution is 6.03. The second kappa shape index (κ2) is 8.09. The Morgan fingerprint density at radius 2 is 1.97 bits per heavy atom. The first kappa shape index (κ1) is 20.0. The molecule has 0 bridgehead atoms. The molecule has 0 unspecified atom stereocenters. The third-order valence-electron chi connectivity index (χ3n) is 4.44. The molecule has 9 nitrogen and oxygen atoms in total. The number of nitro benzene ring substituents is 1. The maximum Gasteiger partial charge on any atom is 0.326 e. The number of esters is 1. The molecular weight excluding hydrogens is 380 g/mol. The van der Waals surface area contributed by atoms with Crippen molar-refractivity contribution in [1.29, 1.82) is 0 Å². The molecule has 3 rings (SSSR count). The molecular formula is C20H18N2O7. The van der Waals surface area contributed by atoms with E-state index < -0.39 is 30.0 Å². The van der Waals surface area contributed by atoms with Crippen LogP contribution in [0.4, 0.5) is 11.4 Å². The molecule has 0 saturated carbocycles. The molecule has 0 atom stereocenters. The van der Waals surface area contributed by atoms with Gasteiger partial charge in [-0.05, 0) is 31.5 Å². The number of nitro groups is 1. The number of aryl methyl sites for hydroxylation is 2. The molecule has 29 heavy (non-hydrogen) atoms. The first-order chi connectivity index (χ1) is 13.8. The van der Waals surface area contributed by atoms with Gasteiger partial charge in [-0.15, -0.1) is 0 Å². The van der Waals surface area contributed by atoms with Gasteiger partial charge in [0.25, 0.3) is 11.6 Å². The minimum atomic E-state index is -0.809. The minimum absolute atomic E-state index is 0.105. The summed E-state index contributed by atoms with van der Waals surface area (Å²) in [4.78, 5) is 48.2. The normalized spacial score (nSPS) is 12.8. The fraction of sp³-hybridized carbons (Fsp3) is 0.250. The van der Waals surface area contributed by atoms with Crippen molar-refractivity contribution in [2.45, 2.75) is 13.8 Å². The third-order valence-corrected chi connectivity index (χ3v) is 4.44. The van der Waals surface area contributed by atoms with Crippen molar-refractivity contribution in [3.63, 3.8) is 0 Å². The van der Waals surface area contributed by atoms with Crippen molar-refractivity contribution >= 4 is 29.0 Å². The summed E-state index contributed by atoms with van der Waals surface area (Å²) in [6, 6.07) is 9.16. The van der Waals surface area contributed by atoms with Crippen molar-refractivity contribution in [3.05, 3.63) is 63.2 Å². The van der Waals surface area contributed by atoms with E-state index in [1.807, 2.05) is 13.0 Å². The van der Waals surface area contributed by atoms with Crippen LogP contribution in [0.5, 0.6) is 5.75 Å². The van der Waals surface area contributed by atoms with Crippen LogP contribution < -0.4 is 9.64 Å². The predicted octanol–water partition coefficient (Wildman–Crippen LogP) is 2.36. The summed E-state index contributed by atoms with van der Waals surface area (Å²) >= 11 is 0. The van der Waals surface area contributed by atoms with Gasteiger partial charge >= 0.3 is 5.97 Å². The first-order valence-corrected chi connectivity index (χ1v) is 8.74. The lowest BCUT2D eigenvalue weighted by atomic mass is 10.0. The topological polar surface area (TPSA) is 116 Å². The van der Waals surface area contributed by atoms with Gasteiger partial charge in [-0.25, -0.2) is 0 Å². The zero-order chi connectivity index (χ0) is 21.1. The number of Topliss-reactive ketones (excluding diaryl/α,β-unsaturated/α-hetero) is 1. The van der Waals surface area contributed by atoms with Crippen LogP contribution in [-0.2, 0) is 14.3 Å². The first-order valence-electron chi connectivity index (χ1n) is 8.74. The molecule has 2 aromatic carbocycles. The molecule has 0 fully saturated rings. The number of carbonyl (C=O) groups is 3. The lowest BCUT2D eigenvalue weighted by Crippen LogP contribution is -2.42. The maximum atomic E-state index is 12.3. The summed E-state index contributed by atoms with van der Waals surface area (Å²) in [5.74, 6) is -1.47. The van der Waals surface area contributed by atoms with E-state index in [1.165, 1.54) is 12.1 Å². The van der Waals surface area contributed by atoms with Crippen LogP contribution >= 0.6 is 0 Å². The molecule has 9 heteroatoms. The van der Waals surface area contributed by atoms with Crippen LogP contribution in [-0.4, -0.2) is 42.3 Å². The van der Waals surface area contributed by atoms with E-state index >= 15 is 0 Å².